The average Bonchev–Trinajstić information content (AvgIpc) is 2.68. The molecule has 2 aliphatic rings. The zero-order valence-electron chi connectivity index (χ0n) is 16.1. The van der Waals surface area contributed by atoms with Crippen LogP contribution in [0.1, 0.15) is 39.0 Å². The number of carbonyl (C=O) groups excluding carboxylic acids is 1. The van der Waals surface area contributed by atoms with E-state index in [1.165, 1.54) is 31.6 Å². The van der Waals surface area contributed by atoms with E-state index in [0.29, 0.717) is 6.04 Å². The van der Waals surface area contributed by atoms with E-state index in [-0.39, 0.29) is 6.03 Å². The lowest BCUT2D eigenvalue weighted by molar-refractivity contribution is 0.190. The number of hydrogen-bond donors (Lipinski definition) is 2. The summed E-state index contributed by atoms with van der Waals surface area (Å²) in [7, 11) is 0. The molecule has 2 N–H and O–H groups in total. The third-order valence-corrected chi connectivity index (χ3v) is 5.76. The van der Waals surface area contributed by atoms with Gasteiger partial charge in [-0.05, 0) is 69.8 Å². The number of nitrogens with zero attached hydrogens (tertiary/aromatic N) is 2. The van der Waals surface area contributed by atoms with E-state index in [1.54, 1.807) is 0 Å². The summed E-state index contributed by atoms with van der Waals surface area (Å²) in [6.07, 6.45) is 5.68. The Morgan fingerprint density at radius 1 is 1.04 bits per heavy atom. The number of urea groups is 1. The Morgan fingerprint density at radius 3 is 2.42 bits per heavy atom. The molecule has 0 aromatic heterocycles. The summed E-state index contributed by atoms with van der Waals surface area (Å²) in [5.74, 6) is 0.878. The van der Waals surface area contributed by atoms with Gasteiger partial charge in [-0.25, -0.2) is 4.79 Å². The fourth-order valence-electron chi connectivity index (χ4n) is 3.95. The topological polar surface area (TPSA) is 47.6 Å². The van der Waals surface area contributed by atoms with Gasteiger partial charge < -0.3 is 20.4 Å². The second kappa shape index (κ2) is 9.81. The quantitative estimate of drug-likeness (QED) is 0.768. The first-order chi connectivity index (χ1) is 12.7. The van der Waals surface area contributed by atoms with Crippen LogP contribution in [0.3, 0.4) is 0 Å². The third-order valence-electron chi connectivity index (χ3n) is 5.76. The molecule has 1 aromatic carbocycles. The van der Waals surface area contributed by atoms with E-state index >= 15 is 0 Å². The maximum Gasteiger partial charge on any atom is 0.315 e. The van der Waals surface area contributed by atoms with Crippen molar-refractivity contribution in [2.24, 2.45) is 5.92 Å². The molecule has 2 heterocycles. The van der Waals surface area contributed by atoms with Gasteiger partial charge in [0.2, 0.25) is 0 Å². The molecule has 0 saturated carbocycles. The molecule has 2 amide bonds. The number of anilines is 1. The van der Waals surface area contributed by atoms with Crippen LogP contribution in [-0.4, -0.2) is 56.2 Å². The predicted molar refractivity (Wildman–Crippen MR) is 108 cm³/mol. The molecule has 3 rings (SSSR count). The van der Waals surface area contributed by atoms with Crippen molar-refractivity contribution < 1.29 is 4.79 Å². The van der Waals surface area contributed by atoms with E-state index in [1.807, 2.05) is 6.07 Å². The Balaban J connectivity index is 1.26. The van der Waals surface area contributed by atoms with Crippen molar-refractivity contribution in [2.75, 3.05) is 44.2 Å². The minimum Gasteiger partial charge on any atom is -0.371 e. The number of nitrogens with one attached hydrogen (secondary N) is 2. The highest BCUT2D eigenvalue weighted by Gasteiger charge is 2.20. The van der Waals surface area contributed by atoms with Crippen molar-refractivity contribution in [3.8, 4) is 0 Å². The molecule has 5 nitrogen and oxygen atoms in total. The Bertz CT molecular complexity index is 534. The maximum atomic E-state index is 12.1. The van der Waals surface area contributed by atoms with Gasteiger partial charge >= 0.3 is 6.03 Å². The van der Waals surface area contributed by atoms with Gasteiger partial charge in [0.1, 0.15) is 0 Å². The minimum absolute atomic E-state index is 0.00423. The molecule has 0 atom stereocenters. The SMILES string of the molecule is CC1CCN(CCCNC(=O)NC2CCN(c3ccccc3)CC2)CC1. The summed E-state index contributed by atoms with van der Waals surface area (Å²) in [5, 5.41) is 6.18. The predicted octanol–water partition coefficient (Wildman–Crippen LogP) is 3.08. The number of para-hydroxylation sites is 1. The molecule has 0 aliphatic carbocycles. The van der Waals surface area contributed by atoms with Gasteiger partial charge in [0.15, 0.2) is 0 Å². The summed E-state index contributed by atoms with van der Waals surface area (Å²) in [5.41, 5.74) is 1.28. The van der Waals surface area contributed by atoms with E-state index in [0.717, 1.165) is 51.4 Å². The smallest absolute Gasteiger partial charge is 0.315 e. The maximum absolute atomic E-state index is 12.1. The zero-order chi connectivity index (χ0) is 18.2. The van der Waals surface area contributed by atoms with Crippen LogP contribution in [0.15, 0.2) is 30.3 Å². The summed E-state index contributed by atoms with van der Waals surface area (Å²) in [6, 6.07) is 10.8. The number of hydrogen-bond acceptors (Lipinski definition) is 3. The summed E-state index contributed by atoms with van der Waals surface area (Å²) >= 11 is 0. The summed E-state index contributed by atoms with van der Waals surface area (Å²) in [6.45, 7) is 8.64. The molecule has 0 radical (unpaired) electrons. The van der Waals surface area contributed by atoms with Gasteiger partial charge in [-0.15, -0.1) is 0 Å². The highest BCUT2D eigenvalue weighted by Crippen LogP contribution is 2.19. The Hall–Kier alpha value is -1.75. The number of carbonyl (C=O) groups is 1. The minimum atomic E-state index is -0.00423. The molecule has 2 fully saturated rings. The average molecular weight is 359 g/mol. The molecule has 26 heavy (non-hydrogen) atoms. The molecular formula is C21H34N4O. The number of benzene rings is 1. The number of likely N-dealkylation sites (tertiary alicyclic amines) is 1. The lowest BCUT2D eigenvalue weighted by atomic mass is 9.99. The Morgan fingerprint density at radius 2 is 1.73 bits per heavy atom. The molecule has 0 spiro atoms. The van der Waals surface area contributed by atoms with Crippen LogP contribution in [0.5, 0.6) is 0 Å². The van der Waals surface area contributed by atoms with Crippen molar-refractivity contribution in [3.63, 3.8) is 0 Å². The fourth-order valence-corrected chi connectivity index (χ4v) is 3.95. The molecule has 5 heteroatoms. The largest absolute Gasteiger partial charge is 0.371 e. The van der Waals surface area contributed by atoms with Crippen LogP contribution < -0.4 is 15.5 Å². The van der Waals surface area contributed by atoms with Crippen molar-refractivity contribution >= 4 is 11.7 Å². The van der Waals surface area contributed by atoms with Gasteiger partial charge in [0.05, 0.1) is 0 Å². The molecule has 0 bridgehead atoms. The summed E-state index contributed by atoms with van der Waals surface area (Å²) in [4.78, 5) is 17.0. The van der Waals surface area contributed by atoms with Gasteiger partial charge in [0, 0.05) is 31.4 Å². The monoisotopic (exact) mass is 358 g/mol. The second-order valence-corrected chi connectivity index (χ2v) is 7.87. The number of piperidine rings is 2. The van der Waals surface area contributed by atoms with Crippen molar-refractivity contribution in [2.45, 2.75) is 45.1 Å². The van der Waals surface area contributed by atoms with Gasteiger partial charge in [0.25, 0.3) is 0 Å². The van der Waals surface area contributed by atoms with Crippen LogP contribution in [0.25, 0.3) is 0 Å². The van der Waals surface area contributed by atoms with E-state index in [9.17, 15) is 4.79 Å². The lowest BCUT2D eigenvalue weighted by Crippen LogP contribution is -2.48. The van der Waals surface area contributed by atoms with Crippen molar-refractivity contribution in [1.82, 2.24) is 15.5 Å². The standard InChI is InChI=1S/C21H34N4O/c1-18-8-14-24(15-9-18)13-5-12-22-21(26)23-19-10-16-25(17-11-19)20-6-3-2-4-7-20/h2-4,6-7,18-19H,5,8-17H2,1H3,(H2,22,23,26). The first kappa shape index (κ1) is 19.0. The van der Waals surface area contributed by atoms with Crippen molar-refractivity contribution in [1.29, 1.82) is 0 Å². The highest BCUT2D eigenvalue weighted by atomic mass is 16.2. The van der Waals surface area contributed by atoms with Crippen molar-refractivity contribution in [3.05, 3.63) is 30.3 Å². The van der Waals surface area contributed by atoms with Gasteiger partial charge in [-0.2, -0.15) is 0 Å². The second-order valence-electron chi connectivity index (χ2n) is 7.87. The van der Waals surface area contributed by atoms with Gasteiger partial charge in [-0.1, -0.05) is 25.1 Å². The summed E-state index contributed by atoms with van der Waals surface area (Å²) < 4.78 is 0. The first-order valence-electron chi connectivity index (χ1n) is 10.3. The molecule has 2 saturated heterocycles. The lowest BCUT2D eigenvalue weighted by Gasteiger charge is -2.34. The van der Waals surface area contributed by atoms with Crippen LogP contribution in [0, 0.1) is 5.92 Å². The van der Waals surface area contributed by atoms with E-state index in [2.05, 4.69) is 51.6 Å². The number of amides is 2. The zero-order valence-corrected chi connectivity index (χ0v) is 16.1. The molecule has 1 aromatic rings. The van der Waals surface area contributed by atoms with E-state index < -0.39 is 0 Å². The normalized spacial score (nSPS) is 20.1. The van der Waals surface area contributed by atoms with Gasteiger partial charge in [-0.3, -0.25) is 0 Å². The van der Waals surface area contributed by atoms with Crippen LogP contribution in [0.4, 0.5) is 10.5 Å². The number of rotatable bonds is 6. The third kappa shape index (κ3) is 5.90. The molecule has 2 aliphatic heterocycles. The molecule has 144 valence electrons. The highest BCUT2D eigenvalue weighted by molar-refractivity contribution is 5.74. The van der Waals surface area contributed by atoms with Crippen LogP contribution >= 0.6 is 0 Å². The molecule has 0 unspecified atom stereocenters. The van der Waals surface area contributed by atoms with Crippen LogP contribution in [-0.2, 0) is 0 Å². The Kier molecular flexibility index (Phi) is 7.18. The fraction of sp³-hybridized carbons (Fsp3) is 0.667. The van der Waals surface area contributed by atoms with E-state index in [4.69, 9.17) is 0 Å². The first-order valence-corrected chi connectivity index (χ1v) is 10.3. The Labute approximate surface area is 158 Å². The molecular weight excluding hydrogens is 324 g/mol. The van der Waals surface area contributed by atoms with Crippen LogP contribution in [0.2, 0.25) is 0 Å².